The summed E-state index contributed by atoms with van der Waals surface area (Å²) in [6.07, 6.45) is 1.91. The van der Waals surface area contributed by atoms with Crippen molar-refractivity contribution in [2.24, 2.45) is 5.84 Å². The number of nitrogens with two attached hydrogens (primary N) is 1. The fourth-order valence-electron chi connectivity index (χ4n) is 3.39. The topological polar surface area (TPSA) is 96.2 Å². The van der Waals surface area contributed by atoms with Gasteiger partial charge in [0.25, 0.3) is 5.91 Å². The van der Waals surface area contributed by atoms with Crippen molar-refractivity contribution in [2.75, 3.05) is 6.54 Å². The van der Waals surface area contributed by atoms with Crippen LogP contribution in [-0.4, -0.2) is 51.4 Å². The van der Waals surface area contributed by atoms with Crippen LogP contribution in [0.1, 0.15) is 38.2 Å². The Kier molecular flexibility index (Phi) is 5.53. The van der Waals surface area contributed by atoms with Gasteiger partial charge in [-0.15, -0.1) is 0 Å². The fraction of sp³-hybridized carbons (Fsp3) is 0.500. The Balaban J connectivity index is 1.64. The van der Waals surface area contributed by atoms with Gasteiger partial charge in [-0.3, -0.25) is 14.4 Å². The van der Waals surface area contributed by atoms with Crippen LogP contribution in [0.15, 0.2) is 30.3 Å². The number of hydrogen-bond donors (Lipinski definition) is 1. The molecule has 1 aromatic carbocycles. The Hall–Kier alpha value is -2.45. The van der Waals surface area contributed by atoms with Crippen molar-refractivity contribution in [3.05, 3.63) is 35.9 Å². The molecule has 0 saturated carbocycles. The summed E-state index contributed by atoms with van der Waals surface area (Å²) in [5.41, 5.74) is 0.961. The van der Waals surface area contributed by atoms with E-state index in [4.69, 9.17) is 10.7 Å². The third-order valence-corrected chi connectivity index (χ3v) is 4.79. The van der Waals surface area contributed by atoms with Crippen molar-refractivity contribution in [3.8, 4) is 0 Å². The van der Waals surface area contributed by atoms with Gasteiger partial charge in [-0.25, -0.2) is 15.6 Å². The van der Waals surface area contributed by atoms with Crippen molar-refractivity contribution < 1.29 is 19.2 Å². The van der Waals surface area contributed by atoms with Gasteiger partial charge in [0, 0.05) is 13.0 Å². The number of fused-ring (bicyclic) bond motifs is 2. The number of nitrogens with zero attached hydrogens (tertiary/aromatic N) is 3. The molecule has 0 aliphatic carbocycles. The minimum atomic E-state index is -0.713. The van der Waals surface area contributed by atoms with Gasteiger partial charge in [-0.1, -0.05) is 37.3 Å². The number of benzene rings is 1. The van der Waals surface area contributed by atoms with Crippen LogP contribution < -0.4 is 5.84 Å². The van der Waals surface area contributed by atoms with Crippen LogP contribution in [0.2, 0.25) is 0 Å². The molecule has 1 aromatic rings. The number of carbonyl (C=O) groups excluding carboxylic acids is 3. The highest BCUT2D eigenvalue weighted by Gasteiger charge is 2.49. The second kappa shape index (κ2) is 7.84. The molecule has 2 saturated heterocycles. The summed E-state index contributed by atoms with van der Waals surface area (Å²) in [4.78, 5) is 44.3. The van der Waals surface area contributed by atoms with Crippen LogP contribution in [0, 0.1) is 0 Å². The van der Waals surface area contributed by atoms with E-state index in [0.717, 1.165) is 5.56 Å². The van der Waals surface area contributed by atoms with E-state index in [2.05, 4.69) is 0 Å². The van der Waals surface area contributed by atoms with Gasteiger partial charge in [-0.05, 0) is 24.8 Å². The first kappa shape index (κ1) is 18.3. The van der Waals surface area contributed by atoms with Crippen molar-refractivity contribution in [1.82, 2.24) is 15.0 Å². The van der Waals surface area contributed by atoms with Crippen LogP contribution in [0.4, 0.5) is 4.79 Å². The van der Waals surface area contributed by atoms with E-state index in [1.807, 2.05) is 37.3 Å². The molecule has 0 unspecified atom stereocenters. The number of amides is 4. The van der Waals surface area contributed by atoms with E-state index in [1.54, 1.807) is 0 Å². The van der Waals surface area contributed by atoms with Gasteiger partial charge < -0.3 is 4.90 Å². The van der Waals surface area contributed by atoms with Gasteiger partial charge >= 0.3 is 6.03 Å². The number of piperidine rings is 1. The third kappa shape index (κ3) is 3.56. The molecule has 2 N–H and O–H groups in total. The number of hydrogen-bond acceptors (Lipinski definition) is 5. The molecule has 26 heavy (non-hydrogen) atoms. The summed E-state index contributed by atoms with van der Waals surface area (Å²) >= 11 is 0. The van der Waals surface area contributed by atoms with E-state index in [9.17, 15) is 14.4 Å². The number of rotatable bonds is 6. The number of carbonyl (C=O) groups is 3. The normalized spacial score (nSPS) is 21.8. The highest BCUT2D eigenvalue weighted by atomic mass is 16.7. The van der Waals surface area contributed by atoms with Crippen molar-refractivity contribution >= 4 is 17.8 Å². The van der Waals surface area contributed by atoms with Gasteiger partial charge in [0.2, 0.25) is 5.91 Å². The summed E-state index contributed by atoms with van der Waals surface area (Å²) in [6.45, 7) is 2.53. The van der Waals surface area contributed by atoms with Crippen molar-refractivity contribution in [2.45, 2.75) is 51.3 Å². The van der Waals surface area contributed by atoms with Crippen molar-refractivity contribution in [1.29, 1.82) is 0 Å². The molecule has 2 aliphatic rings. The molecule has 2 atom stereocenters. The Morgan fingerprint density at radius 3 is 2.69 bits per heavy atom. The molecule has 2 fully saturated rings. The summed E-state index contributed by atoms with van der Waals surface area (Å²) in [5.74, 6) is 4.72. The van der Waals surface area contributed by atoms with E-state index >= 15 is 0 Å². The number of hydroxylamine groups is 2. The zero-order chi connectivity index (χ0) is 18.7. The third-order valence-electron chi connectivity index (χ3n) is 4.79. The monoisotopic (exact) mass is 360 g/mol. The van der Waals surface area contributed by atoms with Crippen LogP contribution in [0.25, 0.3) is 0 Å². The number of imide groups is 1. The molecule has 140 valence electrons. The zero-order valence-corrected chi connectivity index (χ0v) is 14.8. The van der Waals surface area contributed by atoms with Crippen LogP contribution >= 0.6 is 0 Å². The van der Waals surface area contributed by atoms with Gasteiger partial charge in [-0.2, -0.15) is 5.06 Å². The molecule has 4 amide bonds. The molecular weight excluding hydrogens is 336 g/mol. The standard InChI is InChI=1S/C18H24N4O4/c1-2-6-16(23)21(19)17(24)15-10-9-14-11-20(15)18(25)22(14)26-12-13-7-4-3-5-8-13/h3-5,7-8,14-15H,2,6,9-12,19H2,1H3/t14-,15+/m0/s1. The number of hydrazine groups is 1. The summed E-state index contributed by atoms with van der Waals surface area (Å²) in [5, 5.41) is 2.02. The first-order chi connectivity index (χ1) is 12.5. The molecular formula is C18H24N4O4. The first-order valence-corrected chi connectivity index (χ1v) is 8.91. The quantitative estimate of drug-likeness (QED) is 0.470. The highest BCUT2D eigenvalue weighted by Crippen LogP contribution is 2.31. The van der Waals surface area contributed by atoms with E-state index in [-0.39, 0.29) is 25.1 Å². The largest absolute Gasteiger partial charge is 0.345 e. The SMILES string of the molecule is CCCC(=O)N(N)C(=O)[C@H]1CC[C@H]2CN1C(=O)N2OCc1ccccc1. The average molecular weight is 360 g/mol. The Morgan fingerprint density at radius 2 is 2.00 bits per heavy atom. The second-order valence-corrected chi connectivity index (χ2v) is 6.62. The minimum absolute atomic E-state index is 0.0900. The molecule has 2 aliphatic heterocycles. The fourth-order valence-corrected chi connectivity index (χ4v) is 3.39. The maximum absolute atomic E-state index is 12.7. The van der Waals surface area contributed by atoms with Gasteiger partial charge in [0.05, 0.1) is 6.04 Å². The van der Waals surface area contributed by atoms with Crippen LogP contribution in [0.3, 0.4) is 0 Å². The molecule has 0 aromatic heterocycles. The number of urea groups is 1. The lowest BCUT2D eigenvalue weighted by Crippen LogP contribution is -2.55. The van der Waals surface area contributed by atoms with Crippen LogP contribution in [0.5, 0.6) is 0 Å². The molecule has 8 heteroatoms. The highest BCUT2D eigenvalue weighted by molar-refractivity contribution is 5.98. The maximum atomic E-state index is 12.7. The van der Waals surface area contributed by atoms with Gasteiger partial charge in [0.1, 0.15) is 12.6 Å². The second-order valence-electron chi connectivity index (χ2n) is 6.62. The predicted octanol–water partition coefficient (Wildman–Crippen LogP) is 1.42. The predicted molar refractivity (Wildman–Crippen MR) is 92.9 cm³/mol. The molecule has 3 rings (SSSR count). The smallest absolute Gasteiger partial charge is 0.309 e. The van der Waals surface area contributed by atoms with Crippen molar-refractivity contribution in [3.63, 3.8) is 0 Å². The summed E-state index contributed by atoms with van der Waals surface area (Å²) in [6, 6.07) is 8.42. The van der Waals surface area contributed by atoms with Crippen LogP contribution in [-0.2, 0) is 21.0 Å². The van der Waals surface area contributed by atoms with E-state index < -0.39 is 17.9 Å². The summed E-state index contributed by atoms with van der Waals surface area (Å²) < 4.78 is 0. The van der Waals surface area contributed by atoms with Gasteiger partial charge in [0.15, 0.2) is 0 Å². The Morgan fingerprint density at radius 1 is 1.27 bits per heavy atom. The lowest BCUT2D eigenvalue weighted by Gasteiger charge is -2.31. The average Bonchev–Trinajstić information content (AvgIpc) is 2.90. The molecule has 0 spiro atoms. The van der Waals surface area contributed by atoms with E-state index in [1.165, 1.54) is 9.96 Å². The lowest BCUT2D eigenvalue weighted by molar-refractivity contribution is -0.148. The molecule has 8 nitrogen and oxygen atoms in total. The molecule has 2 bridgehead atoms. The molecule has 0 radical (unpaired) electrons. The summed E-state index contributed by atoms with van der Waals surface area (Å²) in [7, 11) is 0. The Labute approximate surface area is 152 Å². The minimum Gasteiger partial charge on any atom is -0.309 e. The van der Waals surface area contributed by atoms with E-state index in [0.29, 0.717) is 30.8 Å². The first-order valence-electron chi connectivity index (χ1n) is 8.91. The zero-order valence-electron chi connectivity index (χ0n) is 14.8. The Bertz CT molecular complexity index is 681. The molecule has 2 heterocycles. The maximum Gasteiger partial charge on any atom is 0.345 e. The lowest BCUT2D eigenvalue weighted by atomic mass is 10.00.